The van der Waals surface area contributed by atoms with Crippen molar-refractivity contribution in [3.63, 3.8) is 0 Å². The summed E-state index contributed by atoms with van der Waals surface area (Å²) < 4.78 is 0. The summed E-state index contributed by atoms with van der Waals surface area (Å²) in [7, 11) is 1.66. The van der Waals surface area contributed by atoms with Gasteiger partial charge in [0.1, 0.15) is 5.76 Å². The van der Waals surface area contributed by atoms with E-state index in [9.17, 15) is 19.5 Å². The van der Waals surface area contributed by atoms with Crippen LogP contribution in [-0.2, 0) is 9.59 Å². The number of nitrogens with zero attached hydrogens (tertiary/aromatic N) is 2. The van der Waals surface area contributed by atoms with Crippen molar-refractivity contribution in [2.45, 2.75) is 13.3 Å². The number of Topliss-reactive ketones (excluding diaryl/α,β-unsaturated/α-hetero) is 1. The molecule has 0 fully saturated rings. The van der Waals surface area contributed by atoms with Gasteiger partial charge < -0.3 is 10.0 Å². The zero-order chi connectivity index (χ0) is 17.0. The topological polar surface area (TPSA) is 87.0 Å². The summed E-state index contributed by atoms with van der Waals surface area (Å²) in [6, 6.07) is 6.72. The predicted molar refractivity (Wildman–Crippen MR) is 90.1 cm³/mol. The molecule has 120 valence electrons. The number of carbonyl (C=O) groups is 3. The van der Waals surface area contributed by atoms with E-state index in [1.807, 2.05) is 0 Å². The first-order chi connectivity index (χ1) is 10.9. The highest BCUT2D eigenvalue weighted by atomic mass is 32.2. The molecule has 0 saturated heterocycles. The van der Waals surface area contributed by atoms with Crippen LogP contribution in [0.1, 0.15) is 23.7 Å². The van der Waals surface area contributed by atoms with Crippen LogP contribution >= 0.6 is 11.8 Å². The molecule has 6 nitrogen and oxygen atoms in total. The van der Waals surface area contributed by atoms with Crippen molar-refractivity contribution in [1.29, 1.82) is 0 Å². The fourth-order valence-corrected chi connectivity index (χ4v) is 2.78. The molecule has 0 spiro atoms. The molecule has 2 rings (SSSR count). The zero-order valence-electron chi connectivity index (χ0n) is 12.8. The fraction of sp³-hybridized carbons (Fsp3) is 0.250. The van der Waals surface area contributed by atoms with Gasteiger partial charge in [-0.25, -0.2) is 4.99 Å². The number of benzene rings is 1. The second kappa shape index (κ2) is 7.23. The lowest BCUT2D eigenvalue weighted by atomic mass is 10.1. The van der Waals surface area contributed by atoms with Crippen LogP contribution in [0.2, 0.25) is 0 Å². The summed E-state index contributed by atoms with van der Waals surface area (Å²) in [6.07, 6.45) is 1.24. The number of aliphatic imine (C=N–C) groups is 1. The smallest absolute Gasteiger partial charge is 0.273 e. The quantitative estimate of drug-likeness (QED) is 0.855. The van der Waals surface area contributed by atoms with Gasteiger partial charge in [0.05, 0.1) is 17.2 Å². The SMILES string of the molecule is CC(=O)N(C)c1ccc(C(=O)CSC2=NC(=O)C=C(O)C2)cc1. The Balaban J connectivity index is 1.96. The molecule has 1 heterocycles. The van der Waals surface area contributed by atoms with Gasteiger partial charge in [0.2, 0.25) is 5.91 Å². The van der Waals surface area contributed by atoms with Crippen LogP contribution in [0, 0.1) is 0 Å². The number of amides is 2. The van der Waals surface area contributed by atoms with E-state index in [4.69, 9.17) is 0 Å². The van der Waals surface area contributed by atoms with E-state index in [1.54, 1.807) is 31.3 Å². The van der Waals surface area contributed by atoms with Crippen LogP contribution in [0.15, 0.2) is 41.1 Å². The van der Waals surface area contributed by atoms with E-state index in [-0.39, 0.29) is 29.6 Å². The van der Waals surface area contributed by atoms with Crippen LogP contribution in [0.4, 0.5) is 5.69 Å². The minimum atomic E-state index is -0.514. The first-order valence-electron chi connectivity index (χ1n) is 6.88. The Morgan fingerprint density at radius 2 is 1.96 bits per heavy atom. The van der Waals surface area contributed by atoms with Gasteiger partial charge in [0.15, 0.2) is 5.78 Å². The van der Waals surface area contributed by atoms with Crippen molar-refractivity contribution < 1.29 is 19.5 Å². The average Bonchev–Trinajstić information content (AvgIpc) is 2.51. The number of allylic oxidation sites excluding steroid dienone is 1. The van der Waals surface area contributed by atoms with Gasteiger partial charge in [-0.3, -0.25) is 14.4 Å². The summed E-state index contributed by atoms with van der Waals surface area (Å²) in [5, 5.41) is 9.82. The van der Waals surface area contributed by atoms with Crippen molar-refractivity contribution >= 4 is 40.1 Å². The Hall–Kier alpha value is -2.41. The molecule has 1 aliphatic heterocycles. The first kappa shape index (κ1) is 17.0. The normalized spacial score (nSPS) is 14.1. The molecule has 1 aromatic rings. The van der Waals surface area contributed by atoms with Gasteiger partial charge in [0.25, 0.3) is 5.91 Å². The minimum absolute atomic E-state index is 0.0448. The number of hydrogen-bond acceptors (Lipinski definition) is 5. The van der Waals surface area contributed by atoms with E-state index >= 15 is 0 Å². The van der Waals surface area contributed by atoms with Crippen molar-refractivity contribution in [2.24, 2.45) is 4.99 Å². The van der Waals surface area contributed by atoms with Crippen molar-refractivity contribution in [3.8, 4) is 0 Å². The molecule has 0 unspecified atom stereocenters. The summed E-state index contributed by atoms with van der Waals surface area (Å²) in [5.74, 6) is -0.637. The molecule has 0 bridgehead atoms. The Kier molecular flexibility index (Phi) is 5.33. The van der Waals surface area contributed by atoms with E-state index < -0.39 is 5.91 Å². The van der Waals surface area contributed by atoms with Crippen molar-refractivity contribution in [3.05, 3.63) is 41.7 Å². The van der Waals surface area contributed by atoms with Crippen LogP contribution in [0.3, 0.4) is 0 Å². The summed E-state index contributed by atoms with van der Waals surface area (Å²) >= 11 is 1.14. The molecule has 1 N–H and O–H groups in total. The largest absolute Gasteiger partial charge is 0.512 e. The molecule has 1 aromatic carbocycles. The number of anilines is 1. The lowest BCUT2D eigenvalue weighted by molar-refractivity contribution is -0.116. The molecular formula is C16H16N2O4S. The highest BCUT2D eigenvalue weighted by Gasteiger charge is 2.15. The first-order valence-corrected chi connectivity index (χ1v) is 7.87. The molecular weight excluding hydrogens is 316 g/mol. The van der Waals surface area contributed by atoms with Crippen molar-refractivity contribution in [2.75, 3.05) is 17.7 Å². The number of aliphatic hydroxyl groups excluding tert-OH is 1. The monoisotopic (exact) mass is 332 g/mol. The average molecular weight is 332 g/mol. The molecule has 1 aliphatic rings. The molecule has 7 heteroatoms. The molecule has 0 atom stereocenters. The van der Waals surface area contributed by atoms with Gasteiger partial charge in [-0.2, -0.15) is 0 Å². The number of rotatable bonds is 4. The second-order valence-corrected chi connectivity index (χ2v) is 6.04. The fourth-order valence-electron chi connectivity index (χ4n) is 1.91. The summed E-state index contributed by atoms with van der Waals surface area (Å²) in [4.78, 5) is 39.9. The number of thioether (sulfide) groups is 1. The molecule has 0 aliphatic carbocycles. The third kappa shape index (κ3) is 4.53. The maximum Gasteiger partial charge on any atom is 0.273 e. The predicted octanol–water partition coefficient (Wildman–Crippen LogP) is 2.36. The molecule has 23 heavy (non-hydrogen) atoms. The Bertz CT molecular complexity index is 707. The molecule has 0 radical (unpaired) electrons. The number of ketones is 1. The maximum atomic E-state index is 12.1. The standard InChI is InChI=1S/C16H16N2O4S/c1-10(19)18(2)12-5-3-11(4-6-12)14(21)9-23-16-8-13(20)7-15(22)17-16/h3-7,20H,8-9H2,1-2H3. The lowest BCUT2D eigenvalue weighted by Gasteiger charge is -2.15. The number of dihydropyridines is 1. The van der Waals surface area contributed by atoms with Crippen LogP contribution < -0.4 is 4.90 Å². The maximum absolute atomic E-state index is 12.1. The highest BCUT2D eigenvalue weighted by Crippen LogP contribution is 2.19. The number of aliphatic hydroxyl groups is 1. The van der Waals surface area contributed by atoms with Gasteiger partial charge in [-0.1, -0.05) is 0 Å². The number of carbonyl (C=O) groups excluding carboxylic acids is 3. The van der Waals surface area contributed by atoms with Gasteiger partial charge in [-0.15, -0.1) is 11.8 Å². The summed E-state index contributed by atoms with van der Waals surface area (Å²) in [6.45, 7) is 1.46. The van der Waals surface area contributed by atoms with E-state index in [0.29, 0.717) is 16.3 Å². The third-order valence-electron chi connectivity index (χ3n) is 3.28. The van der Waals surface area contributed by atoms with E-state index in [0.717, 1.165) is 17.8 Å². The Morgan fingerprint density at radius 1 is 1.30 bits per heavy atom. The highest BCUT2D eigenvalue weighted by molar-refractivity contribution is 8.14. The molecule has 2 amide bonds. The van der Waals surface area contributed by atoms with Crippen LogP contribution in [0.25, 0.3) is 0 Å². The van der Waals surface area contributed by atoms with E-state index in [1.165, 1.54) is 11.8 Å². The van der Waals surface area contributed by atoms with Crippen LogP contribution in [-0.4, -0.2) is 40.5 Å². The number of hydrogen-bond donors (Lipinski definition) is 1. The third-order valence-corrected chi connectivity index (χ3v) is 4.25. The summed E-state index contributed by atoms with van der Waals surface area (Å²) in [5.41, 5.74) is 1.22. The van der Waals surface area contributed by atoms with Crippen molar-refractivity contribution in [1.82, 2.24) is 0 Å². The zero-order valence-corrected chi connectivity index (χ0v) is 13.6. The van der Waals surface area contributed by atoms with Gasteiger partial charge in [-0.05, 0) is 24.3 Å². The Morgan fingerprint density at radius 3 is 2.52 bits per heavy atom. The van der Waals surface area contributed by atoms with Gasteiger partial charge >= 0.3 is 0 Å². The van der Waals surface area contributed by atoms with Crippen LogP contribution in [0.5, 0.6) is 0 Å². The lowest BCUT2D eigenvalue weighted by Crippen LogP contribution is -2.22. The van der Waals surface area contributed by atoms with Gasteiger partial charge in [0, 0.05) is 31.3 Å². The minimum Gasteiger partial charge on any atom is -0.512 e. The molecule has 0 saturated carbocycles. The van der Waals surface area contributed by atoms with E-state index in [2.05, 4.69) is 4.99 Å². The molecule has 0 aromatic heterocycles. The Labute approximate surface area is 137 Å². The second-order valence-electron chi connectivity index (χ2n) is 4.99.